The number of sulfonamides is 1. The summed E-state index contributed by atoms with van der Waals surface area (Å²) >= 11 is 0. The Labute approximate surface area is 172 Å². The molecule has 1 aromatic rings. The van der Waals surface area contributed by atoms with E-state index < -0.39 is 10.0 Å². The highest BCUT2D eigenvalue weighted by Crippen LogP contribution is 2.34. The number of nitrogens with zero attached hydrogens (tertiary/aromatic N) is 1. The summed E-state index contributed by atoms with van der Waals surface area (Å²) in [5.41, 5.74) is 0.368. The number of nitrogens with one attached hydrogen (secondary N) is 1. The predicted octanol–water partition coefficient (Wildman–Crippen LogP) is 2.08. The Morgan fingerprint density at radius 2 is 1.90 bits per heavy atom. The lowest BCUT2D eigenvalue weighted by atomic mass is 9.98. The molecule has 3 rings (SSSR count). The van der Waals surface area contributed by atoms with E-state index in [4.69, 9.17) is 14.2 Å². The van der Waals surface area contributed by atoms with Crippen molar-refractivity contribution in [2.75, 3.05) is 43.5 Å². The molecule has 1 aromatic carbocycles. The van der Waals surface area contributed by atoms with E-state index in [0.717, 1.165) is 23.4 Å². The van der Waals surface area contributed by atoms with Gasteiger partial charge in [0.15, 0.2) is 11.5 Å². The van der Waals surface area contributed by atoms with Gasteiger partial charge in [-0.25, -0.2) is 8.42 Å². The minimum atomic E-state index is -3.64. The third-order valence-electron chi connectivity index (χ3n) is 5.05. The van der Waals surface area contributed by atoms with Crippen LogP contribution in [0.3, 0.4) is 0 Å². The Balaban J connectivity index is 1.49. The summed E-state index contributed by atoms with van der Waals surface area (Å²) in [6, 6.07) is 4.85. The van der Waals surface area contributed by atoms with Crippen LogP contribution in [-0.4, -0.2) is 59.6 Å². The smallest absolute Gasteiger partial charge is 0.240 e. The topological polar surface area (TPSA) is 94.2 Å². The number of rotatable bonds is 9. The number of hydrogen-bond donors (Lipinski definition) is 1. The number of benzene rings is 1. The van der Waals surface area contributed by atoms with Gasteiger partial charge in [-0.1, -0.05) is 19.3 Å². The van der Waals surface area contributed by atoms with Crippen molar-refractivity contribution in [3.63, 3.8) is 0 Å². The fourth-order valence-electron chi connectivity index (χ4n) is 3.56. The van der Waals surface area contributed by atoms with Crippen LogP contribution in [0.25, 0.3) is 0 Å². The minimum absolute atomic E-state index is 0.290. The molecule has 0 atom stereocenters. The summed E-state index contributed by atoms with van der Waals surface area (Å²) in [4.78, 5) is 12.3. The van der Waals surface area contributed by atoms with Crippen LogP contribution in [0.2, 0.25) is 0 Å². The van der Waals surface area contributed by atoms with Crippen molar-refractivity contribution in [1.82, 2.24) is 5.32 Å². The van der Waals surface area contributed by atoms with Gasteiger partial charge in [0.2, 0.25) is 15.9 Å². The zero-order valence-electron chi connectivity index (χ0n) is 16.9. The van der Waals surface area contributed by atoms with E-state index in [0.29, 0.717) is 56.1 Å². The normalized spacial score (nSPS) is 17.0. The molecule has 1 aliphatic carbocycles. The maximum Gasteiger partial charge on any atom is 0.240 e. The molecule has 0 aromatic heterocycles. The number of carbonyl (C=O) groups excluding carboxylic acids is 1. The molecule has 9 heteroatoms. The molecule has 0 unspecified atom stereocenters. The van der Waals surface area contributed by atoms with Crippen molar-refractivity contribution in [3.05, 3.63) is 18.2 Å². The van der Waals surface area contributed by atoms with Crippen LogP contribution >= 0.6 is 0 Å². The van der Waals surface area contributed by atoms with E-state index in [1.807, 2.05) is 0 Å². The summed E-state index contributed by atoms with van der Waals surface area (Å²) in [7, 11) is -3.64. The Bertz CT molecular complexity index is 792. The van der Waals surface area contributed by atoms with Gasteiger partial charge in [-0.2, -0.15) is 0 Å². The molecule has 1 fully saturated rings. The lowest BCUT2D eigenvalue weighted by molar-refractivity contribution is -0.119. The number of ether oxygens (including phenoxy) is 3. The molecule has 0 radical (unpaired) electrons. The minimum Gasteiger partial charge on any atom is -0.486 e. The predicted molar refractivity (Wildman–Crippen MR) is 110 cm³/mol. The largest absolute Gasteiger partial charge is 0.486 e. The number of hydrogen-bond acceptors (Lipinski definition) is 6. The molecule has 1 saturated carbocycles. The van der Waals surface area contributed by atoms with Gasteiger partial charge < -0.3 is 19.5 Å². The zero-order chi connectivity index (χ0) is 20.7. The van der Waals surface area contributed by atoms with Crippen molar-refractivity contribution in [1.29, 1.82) is 0 Å². The van der Waals surface area contributed by atoms with Gasteiger partial charge in [0.1, 0.15) is 19.8 Å². The van der Waals surface area contributed by atoms with E-state index in [1.54, 1.807) is 18.2 Å². The van der Waals surface area contributed by atoms with Crippen molar-refractivity contribution in [3.8, 4) is 11.5 Å². The maximum absolute atomic E-state index is 12.3. The quantitative estimate of drug-likeness (QED) is 0.608. The van der Waals surface area contributed by atoms with E-state index >= 15 is 0 Å². The highest BCUT2D eigenvalue weighted by molar-refractivity contribution is 7.92. The van der Waals surface area contributed by atoms with E-state index in [2.05, 4.69) is 5.32 Å². The molecule has 0 spiro atoms. The molecule has 1 aliphatic heterocycles. The molecular formula is C20H30N2O6S. The zero-order valence-corrected chi connectivity index (χ0v) is 17.7. The number of amides is 1. The second-order valence-electron chi connectivity index (χ2n) is 7.43. The van der Waals surface area contributed by atoms with E-state index in [1.165, 1.54) is 19.3 Å². The fraction of sp³-hybridized carbons (Fsp3) is 0.650. The summed E-state index contributed by atoms with van der Waals surface area (Å²) in [6.45, 7) is 1.61. The molecule has 1 heterocycles. The summed E-state index contributed by atoms with van der Waals surface area (Å²) in [5.74, 6) is 0.682. The second-order valence-corrected chi connectivity index (χ2v) is 9.34. The van der Waals surface area contributed by atoms with Crippen LogP contribution in [0, 0.1) is 0 Å². The van der Waals surface area contributed by atoms with Gasteiger partial charge in [0.25, 0.3) is 0 Å². The average Bonchev–Trinajstić information content (AvgIpc) is 2.71. The first-order chi connectivity index (χ1) is 13.9. The molecule has 1 N–H and O–H groups in total. The van der Waals surface area contributed by atoms with Crippen molar-refractivity contribution >= 4 is 21.6 Å². The number of fused-ring (bicyclic) bond motifs is 1. The highest BCUT2D eigenvalue weighted by Gasteiger charge is 2.23. The lowest BCUT2D eigenvalue weighted by Crippen LogP contribution is -2.40. The van der Waals surface area contributed by atoms with Crippen molar-refractivity contribution in [2.45, 2.75) is 44.6 Å². The first-order valence-electron chi connectivity index (χ1n) is 10.2. The van der Waals surface area contributed by atoms with Crippen molar-refractivity contribution in [2.24, 2.45) is 0 Å². The lowest BCUT2D eigenvalue weighted by Gasteiger charge is -2.25. The Morgan fingerprint density at radius 3 is 2.62 bits per heavy atom. The van der Waals surface area contributed by atoms with Gasteiger partial charge in [-0.15, -0.1) is 0 Å². The molecule has 8 nitrogen and oxygen atoms in total. The molecule has 162 valence electrons. The van der Waals surface area contributed by atoms with Crippen LogP contribution < -0.4 is 19.1 Å². The maximum atomic E-state index is 12.3. The van der Waals surface area contributed by atoms with Crippen LogP contribution in [0.15, 0.2) is 18.2 Å². The van der Waals surface area contributed by atoms with Gasteiger partial charge in [0, 0.05) is 19.2 Å². The molecule has 29 heavy (non-hydrogen) atoms. The Morgan fingerprint density at radius 1 is 1.17 bits per heavy atom. The van der Waals surface area contributed by atoms with Crippen LogP contribution in [0.1, 0.15) is 38.5 Å². The van der Waals surface area contributed by atoms with Gasteiger partial charge in [0.05, 0.1) is 18.0 Å². The fourth-order valence-corrected chi connectivity index (χ4v) is 4.40. The first-order valence-corrected chi connectivity index (χ1v) is 12.0. The Kier molecular flexibility index (Phi) is 7.60. The number of anilines is 1. The summed E-state index contributed by atoms with van der Waals surface area (Å²) in [6.07, 6.45) is 8.09. The monoisotopic (exact) mass is 426 g/mol. The molecule has 0 bridgehead atoms. The third-order valence-corrected chi connectivity index (χ3v) is 6.19. The SMILES string of the molecule is CS(=O)(=O)N(CC(=O)NCCCOC1CCCCC1)c1ccc2c(c1)OCCO2. The van der Waals surface area contributed by atoms with Gasteiger partial charge >= 0.3 is 0 Å². The van der Waals surface area contributed by atoms with E-state index in [9.17, 15) is 13.2 Å². The molecular weight excluding hydrogens is 396 g/mol. The average molecular weight is 427 g/mol. The number of carbonyl (C=O) groups is 1. The molecule has 1 amide bonds. The summed E-state index contributed by atoms with van der Waals surface area (Å²) < 4.78 is 42.4. The highest BCUT2D eigenvalue weighted by atomic mass is 32.2. The first kappa shape index (κ1) is 21.7. The molecule has 2 aliphatic rings. The third kappa shape index (κ3) is 6.50. The van der Waals surface area contributed by atoms with Crippen LogP contribution in [0.4, 0.5) is 5.69 Å². The van der Waals surface area contributed by atoms with E-state index in [-0.39, 0.29) is 12.5 Å². The van der Waals surface area contributed by atoms with Gasteiger partial charge in [-0.3, -0.25) is 9.10 Å². The van der Waals surface area contributed by atoms with Crippen LogP contribution in [-0.2, 0) is 19.6 Å². The summed E-state index contributed by atoms with van der Waals surface area (Å²) in [5, 5.41) is 2.77. The Hall–Kier alpha value is -2.00. The van der Waals surface area contributed by atoms with Crippen LogP contribution in [0.5, 0.6) is 11.5 Å². The van der Waals surface area contributed by atoms with Gasteiger partial charge in [-0.05, 0) is 31.4 Å². The van der Waals surface area contributed by atoms with Crippen molar-refractivity contribution < 1.29 is 27.4 Å². The second kappa shape index (κ2) is 10.2. The molecule has 0 saturated heterocycles. The standard InChI is InChI=1S/C20H30N2O6S/c1-29(24,25)22(16-8-9-18-19(14-16)28-13-12-27-18)15-20(23)21-10-5-11-26-17-6-3-2-4-7-17/h8-9,14,17H,2-7,10-13,15H2,1H3,(H,21,23).